The lowest BCUT2D eigenvalue weighted by molar-refractivity contribution is 0.00565. The predicted molar refractivity (Wildman–Crippen MR) is 493 cm³/mol. The van der Waals surface area contributed by atoms with Gasteiger partial charge in [0.05, 0.1) is 237 Å². The minimum Gasteiger partial charge on any atom is -0.487 e. The zero-order valence-electron chi connectivity index (χ0n) is 77.6. The van der Waals surface area contributed by atoms with Crippen molar-refractivity contribution in [2.45, 2.75) is 6.92 Å². The average Bonchev–Trinajstić information content (AvgIpc) is 0.728. The van der Waals surface area contributed by atoms with Crippen molar-refractivity contribution in [2.75, 3.05) is 355 Å². The third-order valence-electron chi connectivity index (χ3n) is 18.9. The van der Waals surface area contributed by atoms with Gasteiger partial charge in [0.1, 0.15) is 59.5 Å². The van der Waals surface area contributed by atoms with E-state index in [0.717, 1.165) is 21.5 Å². The lowest BCUT2D eigenvalue weighted by Gasteiger charge is -2.20. The summed E-state index contributed by atoms with van der Waals surface area (Å²) in [6.07, 6.45) is 0. The predicted octanol–water partition coefficient (Wildman–Crippen LogP) is 10.4. The maximum Gasteiger partial charge on any atom is 0.338 e. The van der Waals surface area contributed by atoms with Crippen LogP contribution in [0.5, 0.6) is 46.0 Å². The fraction of sp³-hybridized carbons (Fsp3) is 0.574. The van der Waals surface area contributed by atoms with Crippen LogP contribution in [0.1, 0.15) is 48.4 Å². The number of hydrogen-bond donors (Lipinski definition) is 2. The summed E-state index contributed by atoms with van der Waals surface area (Å²) in [6.45, 7) is 15.7. The number of hydrogen-bond acceptors (Lipinski definition) is 36. The van der Waals surface area contributed by atoms with Crippen molar-refractivity contribution in [3.05, 3.63) is 95.1 Å². The first-order valence-electron chi connectivity index (χ1n) is 43.4. The number of ketones is 1. The van der Waals surface area contributed by atoms with Gasteiger partial charge in [-0.25, -0.2) is 4.79 Å². The maximum absolute atomic E-state index is 13.9. The Hall–Kier alpha value is -8.14. The molecule has 0 aliphatic carbocycles. The van der Waals surface area contributed by atoms with Gasteiger partial charge in [0, 0.05) is 80.7 Å². The number of rotatable bonds is 76. The Balaban J connectivity index is 0.000000371. The summed E-state index contributed by atoms with van der Waals surface area (Å²) in [5, 5.41) is 23.1. The largest absolute Gasteiger partial charge is 0.487 e. The molecule has 0 aliphatic heterocycles. The van der Waals surface area contributed by atoms with E-state index in [-0.39, 0.29) is 114 Å². The molecule has 36 nitrogen and oxygen atoms in total. The molecule has 132 heavy (non-hydrogen) atoms. The van der Waals surface area contributed by atoms with E-state index in [1.165, 1.54) is 6.92 Å². The van der Waals surface area contributed by atoms with Gasteiger partial charge in [-0.1, -0.05) is 0 Å². The van der Waals surface area contributed by atoms with Crippen molar-refractivity contribution in [1.29, 1.82) is 0 Å². The summed E-state index contributed by atoms with van der Waals surface area (Å²) in [5.74, 6) is 2.47. The molecule has 0 radical (unpaired) electrons. The van der Waals surface area contributed by atoms with E-state index in [0.29, 0.717) is 294 Å². The fourth-order valence-corrected chi connectivity index (χ4v) is 12.9. The van der Waals surface area contributed by atoms with Crippen molar-refractivity contribution < 1.29 is 171 Å². The summed E-state index contributed by atoms with van der Waals surface area (Å²) < 4.78 is 168. The lowest BCUT2D eigenvalue weighted by Crippen LogP contribution is -2.16. The second-order valence-corrected chi connectivity index (χ2v) is 28.7. The lowest BCUT2D eigenvalue weighted by atomic mass is 9.90. The average molecular weight is 1910 g/mol. The number of ether oxygens (including phenoxy) is 30. The van der Waals surface area contributed by atoms with E-state index in [2.05, 4.69) is 0 Å². The number of fused-ring (bicyclic) bond motifs is 12. The van der Waals surface area contributed by atoms with E-state index in [9.17, 15) is 19.2 Å². The van der Waals surface area contributed by atoms with E-state index < -0.39 is 16.5 Å². The molecular weight excluding hydrogens is 1780 g/mol. The molecule has 0 saturated carbocycles. The van der Waals surface area contributed by atoms with Gasteiger partial charge in [-0.15, -0.1) is 0 Å². The van der Waals surface area contributed by atoms with E-state index in [4.69, 9.17) is 176 Å². The van der Waals surface area contributed by atoms with Gasteiger partial charge in [0.2, 0.25) is 0 Å². The second kappa shape index (κ2) is 69.6. The molecule has 0 aliphatic rings. The Morgan fingerprint density at radius 1 is 0.205 bits per heavy atom. The van der Waals surface area contributed by atoms with Gasteiger partial charge in [-0.3, -0.25) is 14.4 Å². The summed E-state index contributed by atoms with van der Waals surface area (Å²) in [6, 6.07) is 21.4. The highest BCUT2D eigenvalue weighted by atomic mass is 35.5. The Labute approximate surface area is 780 Å². The van der Waals surface area contributed by atoms with Gasteiger partial charge < -0.3 is 152 Å². The van der Waals surface area contributed by atoms with Crippen molar-refractivity contribution >= 4 is 110 Å². The molecule has 0 bridgehead atoms. The first kappa shape index (κ1) is 113. The smallest absolute Gasteiger partial charge is 0.338 e. The molecular formula is C94H132Cl2O36. The van der Waals surface area contributed by atoms with Gasteiger partial charge in [-0.05, 0) is 168 Å². The zero-order valence-corrected chi connectivity index (χ0v) is 79.1. The van der Waals surface area contributed by atoms with Gasteiger partial charge in [-0.2, -0.15) is 0 Å². The number of aliphatic hydroxyl groups is 2. The number of esters is 1. The highest BCUT2D eigenvalue weighted by Gasteiger charge is 2.27. The van der Waals surface area contributed by atoms with Crippen molar-refractivity contribution in [2.24, 2.45) is 0 Å². The van der Waals surface area contributed by atoms with E-state index in [1.807, 2.05) is 48.5 Å². The third kappa shape index (κ3) is 40.4. The number of aliphatic hydroxyl groups excluding tert-OH is 2. The standard InChI is InChI=1S/C48H68O18.C40H50Cl2O14.C6H14O4/c1-35(49)36-29-37-38(30-43(36)48(50)66-28-23-61-18-17-56-12-7-51-2)40-32-45(63-25-20-58-14-9-53-4)47(65-27-22-60-16-11-55-6)34-42(40)41-33-46(64-26-21-59-15-10-54-5)44(31-39(37)41)62-24-19-57-13-8-52-3;1-45-5-9-49-13-17-53-35-23-29-27-21-33(39(41)43)34(40(42)44)22-28(27)30-24-36(54-18-14-50-10-6-46-2)38(56-20-16-52-12-8-48-4)26-32(30)31(29)25-37(35)55-19-15-51-11-7-47-3;7-1-3-9-5-6-10-4-2-8/h29-34H,7-28H2,1-6H3;21-26H,5-20H2,1-4H3;7-8H,1-6H2. The SMILES string of the molecule is COCCOCCOCCOC(=O)c1cc2c3cc(OCCOCCOC)c(OCCOCCOC)cc3c3cc(OCCOCCOC)c(OCCOCCOC)cc3c2cc1C(C)=O.COCCOCCOc1cc2c3cc(OCCOCCOC)c(OCCOCCOC)cc3c3cc(C(=O)Cl)c(C(=O)Cl)cc3c2cc1OCCOCCOC.OCCOCCOCCO. The minimum atomic E-state index is -0.837. The maximum atomic E-state index is 13.9. The number of carbonyl (C=O) groups is 4. The van der Waals surface area contributed by atoms with Crippen LogP contribution in [0.2, 0.25) is 0 Å². The minimum absolute atomic E-state index is 0.0405. The molecule has 0 spiro atoms. The molecule has 0 fully saturated rings. The number of benzene rings is 8. The van der Waals surface area contributed by atoms with E-state index >= 15 is 0 Å². The van der Waals surface area contributed by atoms with Crippen LogP contribution in [0.3, 0.4) is 0 Å². The molecule has 2 N–H and O–H groups in total. The number of carbonyl (C=O) groups excluding carboxylic acids is 4. The van der Waals surface area contributed by atoms with Crippen molar-refractivity contribution in [1.82, 2.24) is 0 Å². The van der Waals surface area contributed by atoms with Crippen LogP contribution >= 0.6 is 23.2 Å². The normalized spacial score (nSPS) is 11.4. The molecule has 38 heteroatoms. The number of Topliss-reactive ketones (excluding diaryl/α,β-unsaturated/α-hetero) is 1. The molecule has 8 rings (SSSR count). The first-order chi connectivity index (χ1) is 64.6. The van der Waals surface area contributed by atoms with Gasteiger partial charge >= 0.3 is 5.97 Å². The number of methoxy groups -OCH3 is 9. The van der Waals surface area contributed by atoms with Crippen LogP contribution in [-0.4, -0.2) is 387 Å². The Bertz CT molecular complexity index is 4460. The molecule has 0 aromatic heterocycles. The molecule has 0 heterocycles. The van der Waals surface area contributed by atoms with Crippen LogP contribution in [0.25, 0.3) is 64.6 Å². The van der Waals surface area contributed by atoms with Crippen LogP contribution in [-0.2, 0) is 104 Å². The van der Waals surface area contributed by atoms with Gasteiger partial charge in [0.25, 0.3) is 10.5 Å². The summed E-state index contributed by atoms with van der Waals surface area (Å²) in [5.41, 5.74) is 0.196. The first-order valence-corrected chi connectivity index (χ1v) is 44.1. The fourth-order valence-electron chi connectivity index (χ4n) is 12.6. The molecule has 0 saturated heterocycles. The van der Waals surface area contributed by atoms with Crippen molar-refractivity contribution in [3.8, 4) is 46.0 Å². The van der Waals surface area contributed by atoms with Crippen LogP contribution in [0.15, 0.2) is 72.8 Å². The quantitative estimate of drug-likeness (QED) is 0.0118. The highest BCUT2D eigenvalue weighted by Crippen LogP contribution is 2.48. The Morgan fingerprint density at radius 3 is 0.530 bits per heavy atom. The molecule has 8 aromatic carbocycles. The van der Waals surface area contributed by atoms with Crippen molar-refractivity contribution in [3.63, 3.8) is 0 Å². The molecule has 0 atom stereocenters. The summed E-state index contributed by atoms with van der Waals surface area (Å²) in [4.78, 5) is 52.6. The topological polar surface area (TPSA) is 386 Å². The molecule has 0 amide bonds. The highest BCUT2D eigenvalue weighted by molar-refractivity contribution is 6.72. The number of halogens is 2. The van der Waals surface area contributed by atoms with Crippen LogP contribution < -0.4 is 37.9 Å². The van der Waals surface area contributed by atoms with Gasteiger partial charge in [0.15, 0.2) is 51.8 Å². The molecule has 738 valence electrons. The Kier molecular flexibility index (Phi) is 59.4. The summed E-state index contributed by atoms with van der Waals surface area (Å²) in [7, 11) is 14.4. The van der Waals surface area contributed by atoms with Crippen LogP contribution in [0.4, 0.5) is 0 Å². The molecule has 0 unspecified atom stereocenters. The summed E-state index contributed by atoms with van der Waals surface area (Å²) >= 11 is 12.1. The Morgan fingerprint density at radius 2 is 0.356 bits per heavy atom. The third-order valence-corrected chi connectivity index (χ3v) is 19.3. The molecule has 8 aromatic rings. The second-order valence-electron chi connectivity index (χ2n) is 28.0. The van der Waals surface area contributed by atoms with E-state index in [1.54, 1.807) is 88.3 Å². The van der Waals surface area contributed by atoms with Crippen LogP contribution in [0, 0.1) is 0 Å². The zero-order chi connectivity index (χ0) is 95.0. The monoisotopic (exact) mass is 1910 g/mol.